The van der Waals surface area contributed by atoms with Gasteiger partial charge in [-0.3, -0.25) is 9.59 Å². The standard InChI is InChI=1S/C16H21ClN2O2/c1-16(2,3)19-9-8-18(11-15(19)21)14(20)10-12-4-6-13(17)7-5-12/h4-7H,8-11H2,1-3H3. The third-order valence-corrected chi connectivity index (χ3v) is 3.90. The highest BCUT2D eigenvalue weighted by molar-refractivity contribution is 6.30. The second kappa shape index (κ2) is 6.06. The van der Waals surface area contributed by atoms with Crippen LogP contribution in [0.2, 0.25) is 5.02 Å². The van der Waals surface area contributed by atoms with Crippen molar-refractivity contribution in [3.05, 3.63) is 34.9 Å². The SMILES string of the molecule is CC(C)(C)N1CCN(C(=O)Cc2ccc(Cl)cc2)CC1=O. The van der Waals surface area contributed by atoms with Crippen molar-refractivity contribution in [1.82, 2.24) is 9.80 Å². The summed E-state index contributed by atoms with van der Waals surface area (Å²) in [5.41, 5.74) is 0.720. The van der Waals surface area contributed by atoms with Gasteiger partial charge in [0.25, 0.3) is 0 Å². The van der Waals surface area contributed by atoms with E-state index in [9.17, 15) is 9.59 Å². The van der Waals surface area contributed by atoms with Gasteiger partial charge in [-0.2, -0.15) is 0 Å². The van der Waals surface area contributed by atoms with E-state index in [-0.39, 0.29) is 23.9 Å². The molecule has 1 aromatic rings. The van der Waals surface area contributed by atoms with E-state index in [2.05, 4.69) is 0 Å². The van der Waals surface area contributed by atoms with Crippen LogP contribution >= 0.6 is 11.6 Å². The van der Waals surface area contributed by atoms with Crippen molar-refractivity contribution in [1.29, 1.82) is 0 Å². The lowest BCUT2D eigenvalue weighted by Gasteiger charge is -2.42. The van der Waals surface area contributed by atoms with Crippen LogP contribution in [-0.4, -0.2) is 46.8 Å². The Bertz CT molecular complexity index is 534. The van der Waals surface area contributed by atoms with Gasteiger partial charge in [0, 0.05) is 23.7 Å². The smallest absolute Gasteiger partial charge is 0.242 e. The van der Waals surface area contributed by atoms with Crippen molar-refractivity contribution in [2.45, 2.75) is 32.7 Å². The van der Waals surface area contributed by atoms with Crippen molar-refractivity contribution in [3.8, 4) is 0 Å². The van der Waals surface area contributed by atoms with Crippen molar-refractivity contribution >= 4 is 23.4 Å². The number of hydrogen-bond acceptors (Lipinski definition) is 2. The second-order valence-electron chi connectivity index (χ2n) is 6.33. The Kier molecular flexibility index (Phi) is 4.57. The van der Waals surface area contributed by atoms with Crippen LogP contribution in [0.5, 0.6) is 0 Å². The number of halogens is 1. The van der Waals surface area contributed by atoms with E-state index in [0.29, 0.717) is 24.5 Å². The summed E-state index contributed by atoms with van der Waals surface area (Å²) in [6, 6.07) is 7.22. The molecule has 4 nitrogen and oxygen atoms in total. The maximum atomic E-state index is 12.3. The van der Waals surface area contributed by atoms with Gasteiger partial charge in [-0.25, -0.2) is 0 Å². The molecule has 5 heteroatoms. The van der Waals surface area contributed by atoms with Gasteiger partial charge < -0.3 is 9.80 Å². The van der Waals surface area contributed by atoms with E-state index < -0.39 is 0 Å². The largest absolute Gasteiger partial charge is 0.335 e. The first kappa shape index (κ1) is 15.8. The Morgan fingerprint density at radius 2 is 1.81 bits per heavy atom. The first-order valence-corrected chi connectivity index (χ1v) is 7.48. The molecule has 0 unspecified atom stereocenters. The molecular formula is C16H21ClN2O2. The summed E-state index contributed by atoms with van der Waals surface area (Å²) in [4.78, 5) is 27.9. The van der Waals surface area contributed by atoms with E-state index in [4.69, 9.17) is 11.6 Å². The van der Waals surface area contributed by atoms with Crippen molar-refractivity contribution in [3.63, 3.8) is 0 Å². The van der Waals surface area contributed by atoms with E-state index in [1.807, 2.05) is 37.8 Å². The zero-order valence-electron chi connectivity index (χ0n) is 12.7. The van der Waals surface area contributed by atoms with Gasteiger partial charge in [0.05, 0.1) is 13.0 Å². The molecule has 21 heavy (non-hydrogen) atoms. The lowest BCUT2D eigenvalue weighted by atomic mass is 10.0. The fourth-order valence-corrected chi connectivity index (χ4v) is 2.61. The summed E-state index contributed by atoms with van der Waals surface area (Å²) in [6.07, 6.45) is 0.306. The summed E-state index contributed by atoms with van der Waals surface area (Å²) in [5.74, 6) is -0.00237. The summed E-state index contributed by atoms with van der Waals surface area (Å²) >= 11 is 5.83. The molecule has 114 valence electrons. The van der Waals surface area contributed by atoms with Gasteiger partial charge in [0.15, 0.2) is 0 Å². The van der Waals surface area contributed by atoms with Crippen LogP contribution in [-0.2, 0) is 16.0 Å². The molecule has 1 saturated heterocycles. The summed E-state index contributed by atoms with van der Waals surface area (Å²) in [5, 5.41) is 0.653. The average Bonchev–Trinajstić information content (AvgIpc) is 2.39. The maximum Gasteiger partial charge on any atom is 0.242 e. The summed E-state index contributed by atoms with van der Waals surface area (Å²) in [7, 11) is 0. The van der Waals surface area contributed by atoms with Gasteiger partial charge in [0.1, 0.15) is 0 Å². The molecule has 0 bridgehead atoms. The van der Waals surface area contributed by atoms with Crippen molar-refractivity contribution in [2.24, 2.45) is 0 Å². The minimum absolute atomic E-state index is 0.0122. The van der Waals surface area contributed by atoms with Gasteiger partial charge >= 0.3 is 0 Å². The van der Waals surface area contributed by atoms with Gasteiger partial charge in [-0.1, -0.05) is 23.7 Å². The highest BCUT2D eigenvalue weighted by atomic mass is 35.5. The van der Waals surface area contributed by atoms with Crippen LogP contribution < -0.4 is 0 Å². The van der Waals surface area contributed by atoms with Gasteiger partial charge in [-0.15, -0.1) is 0 Å². The maximum absolute atomic E-state index is 12.3. The van der Waals surface area contributed by atoms with E-state index in [1.54, 1.807) is 17.0 Å². The number of piperazine rings is 1. The van der Waals surface area contributed by atoms with Crippen LogP contribution in [0.15, 0.2) is 24.3 Å². The molecular weight excluding hydrogens is 288 g/mol. The van der Waals surface area contributed by atoms with Crippen LogP contribution in [0.25, 0.3) is 0 Å². The molecule has 0 radical (unpaired) electrons. The first-order chi connectivity index (χ1) is 9.77. The van der Waals surface area contributed by atoms with E-state index in [1.165, 1.54) is 0 Å². The molecule has 2 amide bonds. The topological polar surface area (TPSA) is 40.6 Å². The fourth-order valence-electron chi connectivity index (χ4n) is 2.48. The molecule has 1 fully saturated rings. The van der Waals surface area contributed by atoms with E-state index >= 15 is 0 Å². The number of nitrogens with zero attached hydrogens (tertiary/aromatic N) is 2. The zero-order chi connectivity index (χ0) is 15.6. The third-order valence-electron chi connectivity index (χ3n) is 3.65. The Morgan fingerprint density at radius 3 is 2.33 bits per heavy atom. The number of benzene rings is 1. The van der Waals surface area contributed by atoms with Crippen LogP contribution in [0, 0.1) is 0 Å². The van der Waals surface area contributed by atoms with Crippen LogP contribution in [0.3, 0.4) is 0 Å². The molecule has 0 spiro atoms. The Labute approximate surface area is 130 Å². The predicted molar refractivity (Wildman–Crippen MR) is 83.2 cm³/mol. The van der Waals surface area contributed by atoms with Crippen LogP contribution in [0.1, 0.15) is 26.3 Å². The van der Waals surface area contributed by atoms with E-state index in [0.717, 1.165) is 5.56 Å². The molecule has 1 aliphatic heterocycles. The molecule has 0 saturated carbocycles. The molecule has 1 aliphatic rings. The van der Waals surface area contributed by atoms with Crippen molar-refractivity contribution < 1.29 is 9.59 Å². The molecule has 1 aromatic carbocycles. The second-order valence-corrected chi connectivity index (χ2v) is 6.77. The lowest BCUT2D eigenvalue weighted by molar-refractivity contribution is -0.148. The fraction of sp³-hybridized carbons (Fsp3) is 0.500. The molecule has 0 N–H and O–H groups in total. The van der Waals surface area contributed by atoms with Crippen LogP contribution in [0.4, 0.5) is 0 Å². The lowest BCUT2D eigenvalue weighted by Crippen LogP contribution is -2.58. The monoisotopic (exact) mass is 308 g/mol. The van der Waals surface area contributed by atoms with Gasteiger partial charge in [-0.05, 0) is 38.5 Å². The quantitative estimate of drug-likeness (QED) is 0.841. The third kappa shape index (κ3) is 3.97. The highest BCUT2D eigenvalue weighted by Gasteiger charge is 2.33. The predicted octanol–water partition coefficient (Wildman–Crippen LogP) is 2.35. The molecule has 0 aliphatic carbocycles. The zero-order valence-corrected chi connectivity index (χ0v) is 13.5. The molecule has 0 aromatic heterocycles. The Balaban J connectivity index is 1.96. The van der Waals surface area contributed by atoms with Crippen molar-refractivity contribution in [2.75, 3.05) is 19.6 Å². The first-order valence-electron chi connectivity index (χ1n) is 7.10. The molecule has 1 heterocycles. The Morgan fingerprint density at radius 1 is 1.19 bits per heavy atom. The van der Waals surface area contributed by atoms with Gasteiger partial charge in [0.2, 0.25) is 11.8 Å². The minimum Gasteiger partial charge on any atom is -0.335 e. The average molecular weight is 309 g/mol. The Hall–Kier alpha value is -1.55. The highest BCUT2D eigenvalue weighted by Crippen LogP contribution is 2.18. The summed E-state index contributed by atoms with van der Waals surface area (Å²) < 4.78 is 0. The number of amides is 2. The number of carbonyl (C=O) groups is 2. The molecule has 0 atom stereocenters. The number of rotatable bonds is 2. The normalized spacial score (nSPS) is 16.3. The summed E-state index contributed by atoms with van der Waals surface area (Å²) in [6.45, 7) is 7.39. The number of carbonyl (C=O) groups excluding carboxylic acids is 2. The number of hydrogen-bond donors (Lipinski definition) is 0. The minimum atomic E-state index is -0.192. The molecule has 2 rings (SSSR count).